The molecule has 2 fully saturated rings. The molecule has 0 aliphatic carbocycles. The molecule has 3 nitrogen and oxygen atoms in total. The van der Waals surface area contributed by atoms with Crippen LogP contribution < -0.4 is 0 Å². The summed E-state index contributed by atoms with van der Waals surface area (Å²) in [6, 6.07) is 13.8. The van der Waals surface area contributed by atoms with E-state index >= 15 is 0 Å². The van der Waals surface area contributed by atoms with Crippen molar-refractivity contribution in [2.24, 2.45) is 0 Å². The monoisotopic (exact) mass is 346 g/mol. The summed E-state index contributed by atoms with van der Waals surface area (Å²) in [6.07, 6.45) is 0. The summed E-state index contributed by atoms with van der Waals surface area (Å²) in [5.74, 6) is 0.358. The highest BCUT2D eigenvalue weighted by molar-refractivity contribution is 6.95. The normalized spacial score (nSPS) is 31.0. The minimum atomic E-state index is -1.42. The number of nitrogens with zero attached hydrogens (tertiary/aromatic N) is 2. The van der Waals surface area contributed by atoms with Crippen molar-refractivity contribution in [2.75, 3.05) is 0 Å². The maximum atomic E-state index is 13.1. The molecule has 3 rings (SSSR count). The van der Waals surface area contributed by atoms with E-state index in [1.54, 1.807) is 0 Å². The number of β-lactam (4-membered cyclic amide) rings is 1. The largest absolute Gasteiger partial charge is 0.333 e. The molecule has 0 unspecified atom stereocenters. The first-order valence-electron chi connectivity index (χ1n) is 8.83. The van der Waals surface area contributed by atoms with E-state index in [2.05, 4.69) is 73.4 Å². The Morgan fingerprint density at radius 3 is 2.04 bits per heavy atom. The SMILES string of the molecule is C[C@H](c1ccccc1)N1C(=O)[C@H](N2[Si](C)(C)CC[Si]2(C)C)[C@H]1C. The Kier molecular flexibility index (Phi) is 4.10. The number of carbonyl (C=O) groups excluding carboxylic acids is 1. The fourth-order valence-corrected chi connectivity index (χ4v) is 19.6. The lowest BCUT2D eigenvalue weighted by molar-refractivity contribution is -0.156. The molecule has 5 heteroatoms. The van der Waals surface area contributed by atoms with E-state index < -0.39 is 16.5 Å². The van der Waals surface area contributed by atoms with Crippen molar-refractivity contribution in [3.8, 4) is 0 Å². The number of likely N-dealkylation sites (tertiary alicyclic amines) is 1. The Morgan fingerprint density at radius 1 is 1.04 bits per heavy atom. The number of amides is 1. The van der Waals surface area contributed by atoms with Gasteiger partial charge in [0.05, 0.1) is 18.1 Å². The predicted octanol–water partition coefficient (Wildman–Crippen LogP) is 4.07. The third-order valence-corrected chi connectivity index (χ3v) is 16.3. The fourth-order valence-electron chi connectivity index (χ4n) is 4.82. The van der Waals surface area contributed by atoms with Gasteiger partial charge < -0.3 is 9.13 Å². The van der Waals surface area contributed by atoms with Gasteiger partial charge in [-0.25, -0.2) is 0 Å². The Bertz CT molecular complexity index is 586. The number of benzene rings is 1. The van der Waals surface area contributed by atoms with Crippen molar-refractivity contribution < 1.29 is 4.79 Å². The molecule has 23 heavy (non-hydrogen) atoms. The van der Waals surface area contributed by atoms with Gasteiger partial charge >= 0.3 is 0 Å². The van der Waals surface area contributed by atoms with Crippen molar-refractivity contribution in [2.45, 2.75) is 70.2 Å². The van der Waals surface area contributed by atoms with Gasteiger partial charge in [0.25, 0.3) is 0 Å². The van der Waals surface area contributed by atoms with E-state index in [-0.39, 0.29) is 12.1 Å². The molecule has 1 amide bonds. The number of carbonyl (C=O) groups is 1. The van der Waals surface area contributed by atoms with Crippen LogP contribution in [0.2, 0.25) is 38.3 Å². The first kappa shape index (κ1) is 16.9. The van der Waals surface area contributed by atoms with Gasteiger partial charge in [0.1, 0.15) is 16.5 Å². The summed E-state index contributed by atoms with van der Waals surface area (Å²) < 4.78 is 2.77. The zero-order chi connectivity index (χ0) is 17.0. The lowest BCUT2D eigenvalue weighted by atomic mass is 9.92. The van der Waals surface area contributed by atoms with Crippen molar-refractivity contribution in [1.29, 1.82) is 0 Å². The minimum absolute atomic E-state index is 0.145. The fraction of sp³-hybridized carbons (Fsp3) is 0.611. The van der Waals surface area contributed by atoms with Gasteiger partial charge in [0.15, 0.2) is 0 Å². The van der Waals surface area contributed by atoms with Gasteiger partial charge in [-0.2, -0.15) is 0 Å². The first-order valence-corrected chi connectivity index (χ1v) is 15.1. The molecule has 2 heterocycles. The van der Waals surface area contributed by atoms with E-state index in [1.165, 1.54) is 17.7 Å². The van der Waals surface area contributed by atoms with Crippen molar-refractivity contribution in [1.82, 2.24) is 9.13 Å². The summed E-state index contributed by atoms with van der Waals surface area (Å²) in [5, 5.41) is 0. The van der Waals surface area contributed by atoms with Gasteiger partial charge in [0, 0.05) is 0 Å². The number of hydrogen-bond donors (Lipinski definition) is 0. The Hall–Kier alpha value is -0.916. The van der Waals surface area contributed by atoms with Crippen LogP contribution in [0.3, 0.4) is 0 Å². The molecule has 0 spiro atoms. The summed E-state index contributed by atoms with van der Waals surface area (Å²) in [5.41, 5.74) is 1.24. The highest BCUT2D eigenvalue weighted by Crippen LogP contribution is 2.44. The van der Waals surface area contributed by atoms with Gasteiger partial charge in [-0.15, -0.1) is 0 Å². The van der Waals surface area contributed by atoms with E-state index in [4.69, 9.17) is 0 Å². The molecule has 0 saturated carbocycles. The van der Waals surface area contributed by atoms with E-state index in [0.29, 0.717) is 11.9 Å². The Labute approximate surface area is 142 Å². The van der Waals surface area contributed by atoms with Crippen LogP contribution >= 0.6 is 0 Å². The van der Waals surface area contributed by atoms with Crippen LogP contribution in [0.25, 0.3) is 0 Å². The Morgan fingerprint density at radius 2 is 1.57 bits per heavy atom. The van der Waals surface area contributed by atoms with E-state index in [0.717, 1.165) is 0 Å². The average molecular weight is 347 g/mol. The molecule has 0 radical (unpaired) electrons. The lowest BCUT2D eigenvalue weighted by Crippen LogP contribution is -2.76. The van der Waals surface area contributed by atoms with Crippen LogP contribution in [-0.2, 0) is 4.79 Å². The molecule has 2 aliphatic rings. The molecule has 2 saturated heterocycles. The third-order valence-electron chi connectivity index (χ3n) is 6.03. The molecule has 1 aromatic rings. The molecule has 126 valence electrons. The highest BCUT2D eigenvalue weighted by Gasteiger charge is 2.59. The quantitative estimate of drug-likeness (QED) is 0.608. The second-order valence-electron chi connectivity index (χ2n) is 8.51. The topological polar surface area (TPSA) is 23.6 Å². The maximum Gasteiger partial charge on any atom is 0.241 e. The van der Waals surface area contributed by atoms with E-state index in [9.17, 15) is 4.79 Å². The molecule has 0 aromatic heterocycles. The molecule has 2 aliphatic heterocycles. The van der Waals surface area contributed by atoms with Crippen LogP contribution in [0.1, 0.15) is 25.5 Å². The van der Waals surface area contributed by atoms with Crippen molar-refractivity contribution in [3.63, 3.8) is 0 Å². The van der Waals surface area contributed by atoms with Crippen LogP contribution in [0.5, 0.6) is 0 Å². The van der Waals surface area contributed by atoms with Crippen LogP contribution in [0, 0.1) is 0 Å². The number of hydrogen-bond acceptors (Lipinski definition) is 2. The van der Waals surface area contributed by atoms with Gasteiger partial charge in [-0.1, -0.05) is 56.5 Å². The maximum absolute atomic E-state index is 13.1. The molecule has 1 aromatic carbocycles. The third kappa shape index (κ3) is 2.63. The number of rotatable bonds is 3. The van der Waals surface area contributed by atoms with Crippen molar-refractivity contribution in [3.05, 3.63) is 35.9 Å². The van der Waals surface area contributed by atoms with Crippen molar-refractivity contribution >= 4 is 22.4 Å². The first-order chi connectivity index (χ1) is 10.7. The standard InChI is InChI=1S/C18H30N2OSi2/c1-14(16-10-8-7-9-11-16)19-15(2)17(18(19)21)20-22(3,4)12-13-23(20,5)6/h7-11,14-15,17H,12-13H2,1-6H3/t14-,15-,17-/m1/s1. The summed E-state index contributed by atoms with van der Waals surface area (Å²) >= 11 is 0. The van der Waals surface area contributed by atoms with Crippen LogP contribution in [0.15, 0.2) is 30.3 Å². The summed E-state index contributed by atoms with van der Waals surface area (Å²) in [6.45, 7) is 14.2. The minimum Gasteiger partial charge on any atom is -0.333 e. The van der Waals surface area contributed by atoms with E-state index in [1.807, 2.05) is 6.07 Å². The molecular weight excluding hydrogens is 316 g/mol. The van der Waals surface area contributed by atoms with Gasteiger partial charge in [0.2, 0.25) is 5.91 Å². The zero-order valence-electron chi connectivity index (χ0n) is 15.3. The van der Waals surface area contributed by atoms with Gasteiger partial charge in [-0.05, 0) is 31.5 Å². The molecule has 3 atom stereocenters. The van der Waals surface area contributed by atoms with Crippen LogP contribution in [-0.4, -0.2) is 43.6 Å². The molecular formula is C18H30N2OSi2. The molecule has 0 bridgehead atoms. The summed E-state index contributed by atoms with van der Waals surface area (Å²) in [7, 11) is -2.83. The smallest absolute Gasteiger partial charge is 0.241 e. The average Bonchev–Trinajstić information content (AvgIpc) is 2.71. The van der Waals surface area contributed by atoms with Crippen LogP contribution in [0.4, 0.5) is 0 Å². The Balaban J connectivity index is 1.83. The molecule has 0 N–H and O–H groups in total. The predicted molar refractivity (Wildman–Crippen MR) is 101 cm³/mol. The lowest BCUT2D eigenvalue weighted by Gasteiger charge is -2.57. The summed E-state index contributed by atoms with van der Waals surface area (Å²) in [4.78, 5) is 15.2. The second kappa shape index (κ2) is 5.57. The second-order valence-corrected chi connectivity index (χ2v) is 18.2. The highest BCUT2D eigenvalue weighted by atomic mass is 28.4. The zero-order valence-corrected chi connectivity index (χ0v) is 17.3. The van der Waals surface area contributed by atoms with Gasteiger partial charge in [-0.3, -0.25) is 4.79 Å².